The average molecular weight is 424 g/mol. The van der Waals surface area contributed by atoms with Crippen LogP contribution in [-0.4, -0.2) is 19.7 Å². The summed E-state index contributed by atoms with van der Waals surface area (Å²) in [6.45, 7) is 4.25. The van der Waals surface area contributed by atoms with Gasteiger partial charge in [-0.15, -0.1) is 0 Å². The highest BCUT2D eigenvalue weighted by atomic mass is 32.2. The van der Waals surface area contributed by atoms with Gasteiger partial charge in [0.1, 0.15) is 0 Å². The van der Waals surface area contributed by atoms with E-state index in [0.717, 1.165) is 66.3 Å². The number of benzene rings is 1. The molecule has 3 nitrogen and oxygen atoms in total. The molecule has 0 saturated heterocycles. The van der Waals surface area contributed by atoms with Crippen LogP contribution in [0.1, 0.15) is 56.2 Å². The van der Waals surface area contributed by atoms with E-state index in [1.165, 1.54) is 18.2 Å². The molecule has 0 N–H and O–H groups in total. The van der Waals surface area contributed by atoms with Crippen molar-refractivity contribution < 1.29 is 21.6 Å². The summed E-state index contributed by atoms with van der Waals surface area (Å²) >= 11 is 0. The summed E-state index contributed by atoms with van der Waals surface area (Å²) in [5.41, 5.74) is 3.00. The first-order valence-corrected chi connectivity index (χ1v) is 11.4. The van der Waals surface area contributed by atoms with Gasteiger partial charge in [0.25, 0.3) is 0 Å². The number of hydrogen-bond donors (Lipinski definition) is 0. The molecule has 0 unspecified atom stereocenters. The summed E-state index contributed by atoms with van der Waals surface area (Å²) in [7, 11) is -3.39. The third-order valence-electron chi connectivity index (χ3n) is 5.99. The quantitative estimate of drug-likeness (QED) is 0.591. The molecule has 1 aromatic carbocycles. The molecule has 0 amide bonds. The van der Waals surface area contributed by atoms with Crippen LogP contribution in [0.15, 0.2) is 47.6 Å². The Kier molecular flexibility index (Phi) is 5.64. The summed E-state index contributed by atoms with van der Waals surface area (Å²) in [6, 6.07) is 8.51. The minimum absolute atomic E-state index is 0.00757. The molecule has 0 aliphatic heterocycles. The number of halogens is 3. The lowest BCUT2D eigenvalue weighted by Crippen LogP contribution is -2.14. The molecule has 0 saturated carbocycles. The highest BCUT2D eigenvalue weighted by molar-refractivity contribution is 7.90. The Bertz CT molecular complexity index is 1020. The standard InChI is InChI=1S/C22H24F3NO2S/c1-4-21(5-2)12-18(15-6-9-17(10-7-15)22(23,24)25)19(13-21)16-8-11-20(26-14-16)29(3,27)28/h6-11,14H,4-5,12-13H2,1-3H3. The van der Waals surface area contributed by atoms with E-state index in [4.69, 9.17) is 0 Å². The van der Waals surface area contributed by atoms with Crippen molar-refractivity contribution in [3.05, 3.63) is 59.3 Å². The van der Waals surface area contributed by atoms with Gasteiger partial charge < -0.3 is 0 Å². The molecule has 0 atom stereocenters. The molecule has 0 spiro atoms. The second kappa shape index (κ2) is 7.59. The number of hydrogen-bond acceptors (Lipinski definition) is 3. The fourth-order valence-electron chi connectivity index (χ4n) is 3.97. The van der Waals surface area contributed by atoms with E-state index in [0.29, 0.717) is 0 Å². The van der Waals surface area contributed by atoms with Crippen molar-refractivity contribution in [3.63, 3.8) is 0 Å². The van der Waals surface area contributed by atoms with Crippen LogP contribution in [-0.2, 0) is 16.0 Å². The Labute approximate surface area is 169 Å². The van der Waals surface area contributed by atoms with Gasteiger partial charge in [0.15, 0.2) is 14.9 Å². The number of alkyl halides is 3. The molecule has 0 bridgehead atoms. The average Bonchev–Trinajstić information content (AvgIpc) is 3.07. The minimum Gasteiger partial charge on any atom is -0.244 e. The van der Waals surface area contributed by atoms with Crippen LogP contribution < -0.4 is 0 Å². The van der Waals surface area contributed by atoms with E-state index in [-0.39, 0.29) is 10.4 Å². The minimum atomic E-state index is -4.37. The Morgan fingerprint density at radius 3 is 1.86 bits per heavy atom. The van der Waals surface area contributed by atoms with Gasteiger partial charge in [-0.05, 0) is 71.6 Å². The van der Waals surface area contributed by atoms with Crippen molar-refractivity contribution in [2.45, 2.75) is 50.7 Å². The molecule has 1 heterocycles. The van der Waals surface area contributed by atoms with E-state index in [1.54, 1.807) is 12.3 Å². The summed E-state index contributed by atoms with van der Waals surface area (Å²) in [5.74, 6) is 0. The molecule has 0 fully saturated rings. The first kappa shape index (κ1) is 21.6. The molecular weight excluding hydrogens is 399 g/mol. The third kappa shape index (κ3) is 4.39. The first-order valence-electron chi connectivity index (χ1n) is 9.55. The van der Waals surface area contributed by atoms with E-state index in [1.807, 2.05) is 0 Å². The summed E-state index contributed by atoms with van der Waals surface area (Å²) in [6.07, 6.45) is 1.75. The van der Waals surface area contributed by atoms with Gasteiger partial charge in [-0.2, -0.15) is 13.2 Å². The second-order valence-electron chi connectivity index (χ2n) is 7.75. The molecule has 0 radical (unpaired) electrons. The zero-order valence-electron chi connectivity index (χ0n) is 16.7. The van der Waals surface area contributed by atoms with Crippen LogP contribution in [0.2, 0.25) is 0 Å². The summed E-state index contributed by atoms with van der Waals surface area (Å²) in [5, 5.41) is 0.00757. The number of pyridine rings is 1. The SMILES string of the molecule is CCC1(CC)CC(c2ccc(C(F)(F)F)cc2)=C(c2ccc(S(C)(=O)=O)nc2)C1. The molecule has 3 rings (SSSR count). The topological polar surface area (TPSA) is 47.0 Å². The molecule has 7 heteroatoms. The molecule has 1 aliphatic carbocycles. The number of allylic oxidation sites excluding steroid dienone is 2. The predicted octanol–water partition coefficient (Wildman–Crippen LogP) is 6.01. The molecule has 29 heavy (non-hydrogen) atoms. The van der Waals surface area contributed by atoms with Crippen LogP contribution in [0, 0.1) is 5.41 Å². The normalized spacial score (nSPS) is 17.0. The Morgan fingerprint density at radius 1 is 0.931 bits per heavy atom. The number of aromatic nitrogens is 1. The Balaban J connectivity index is 2.08. The lowest BCUT2D eigenvalue weighted by molar-refractivity contribution is -0.137. The van der Waals surface area contributed by atoms with E-state index in [2.05, 4.69) is 18.8 Å². The Hall–Kier alpha value is -2.15. The van der Waals surface area contributed by atoms with Crippen LogP contribution in [0.3, 0.4) is 0 Å². The smallest absolute Gasteiger partial charge is 0.244 e. The van der Waals surface area contributed by atoms with Crippen molar-refractivity contribution in [2.75, 3.05) is 6.26 Å². The lowest BCUT2D eigenvalue weighted by atomic mass is 9.78. The fourth-order valence-corrected chi connectivity index (χ4v) is 4.53. The molecule has 1 aliphatic rings. The maximum absolute atomic E-state index is 12.9. The van der Waals surface area contributed by atoms with E-state index >= 15 is 0 Å². The lowest BCUT2D eigenvalue weighted by Gasteiger charge is -2.26. The summed E-state index contributed by atoms with van der Waals surface area (Å²) in [4.78, 5) is 4.10. The highest BCUT2D eigenvalue weighted by Crippen LogP contribution is 2.53. The maximum atomic E-state index is 12.9. The highest BCUT2D eigenvalue weighted by Gasteiger charge is 2.37. The maximum Gasteiger partial charge on any atom is 0.416 e. The number of sulfone groups is 1. The van der Waals surface area contributed by atoms with Gasteiger partial charge in [-0.3, -0.25) is 0 Å². The van der Waals surface area contributed by atoms with Crippen LogP contribution in [0.5, 0.6) is 0 Å². The predicted molar refractivity (Wildman–Crippen MR) is 108 cm³/mol. The van der Waals surface area contributed by atoms with Crippen molar-refractivity contribution in [1.29, 1.82) is 0 Å². The van der Waals surface area contributed by atoms with Gasteiger partial charge >= 0.3 is 6.18 Å². The first-order chi connectivity index (χ1) is 13.5. The van der Waals surface area contributed by atoms with Crippen LogP contribution in [0.4, 0.5) is 13.2 Å². The fraction of sp³-hybridized carbons (Fsp3) is 0.409. The van der Waals surface area contributed by atoms with Crippen molar-refractivity contribution >= 4 is 21.0 Å². The van der Waals surface area contributed by atoms with Gasteiger partial charge in [-0.1, -0.05) is 32.0 Å². The zero-order chi connectivity index (χ0) is 21.4. The van der Waals surface area contributed by atoms with Gasteiger partial charge in [-0.25, -0.2) is 13.4 Å². The van der Waals surface area contributed by atoms with Crippen molar-refractivity contribution in [2.24, 2.45) is 5.41 Å². The van der Waals surface area contributed by atoms with E-state index < -0.39 is 21.6 Å². The van der Waals surface area contributed by atoms with Crippen molar-refractivity contribution in [3.8, 4) is 0 Å². The van der Waals surface area contributed by atoms with Gasteiger partial charge in [0.05, 0.1) is 5.56 Å². The molecule has 156 valence electrons. The van der Waals surface area contributed by atoms with Crippen LogP contribution in [0.25, 0.3) is 11.1 Å². The monoisotopic (exact) mass is 423 g/mol. The number of nitrogens with zero attached hydrogens (tertiary/aromatic N) is 1. The number of rotatable bonds is 5. The third-order valence-corrected chi connectivity index (χ3v) is 6.99. The van der Waals surface area contributed by atoms with Crippen molar-refractivity contribution in [1.82, 2.24) is 4.98 Å². The zero-order valence-corrected chi connectivity index (χ0v) is 17.5. The summed E-state index contributed by atoms with van der Waals surface area (Å²) < 4.78 is 62.2. The Morgan fingerprint density at radius 2 is 1.45 bits per heavy atom. The molecule has 1 aromatic heterocycles. The van der Waals surface area contributed by atoms with Crippen LogP contribution >= 0.6 is 0 Å². The van der Waals surface area contributed by atoms with Gasteiger partial charge in [0, 0.05) is 12.5 Å². The largest absolute Gasteiger partial charge is 0.416 e. The molecular formula is C22H24F3NO2S. The second-order valence-corrected chi connectivity index (χ2v) is 9.71. The van der Waals surface area contributed by atoms with E-state index in [9.17, 15) is 21.6 Å². The molecule has 2 aromatic rings. The van der Waals surface area contributed by atoms with Gasteiger partial charge in [0.2, 0.25) is 0 Å².